The van der Waals surface area contributed by atoms with E-state index in [0.29, 0.717) is 18.3 Å². The van der Waals surface area contributed by atoms with E-state index in [0.717, 1.165) is 18.8 Å². The minimum Gasteiger partial charge on any atom is -0.477 e. The van der Waals surface area contributed by atoms with Crippen LogP contribution in [0, 0.1) is 5.92 Å². The molecule has 0 aliphatic heterocycles. The van der Waals surface area contributed by atoms with Gasteiger partial charge < -0.3 is 9.72 Å². The average molecular weight is 222 g/mol. The maximum Gasteiger partial charge on any atom is 0.254 e. The van der Waals surface area contributed by atoms with Gasteiger partial charge >= 0.3 is 0 Å². The quantitative estimate of drug-likeness (QED) is 0.827. The normalized spacial score (nSPS) is 15.8. The summed E-state index contributed by atoms with van der Waals surface area (Å²) in [6.07, 6.45) is 5.80. The zero-order valence-electron chi connectivity index (χ0n) is 9.66. The molecule has 1 saturated carbocycles. The average Bonchev–Trinajstić information content (AvgIpc) is 2.21. The molecular weight excluding hydrogens is 204 g/mol. The molecule has 88 valence electrons. The number of aryl methyl sites for hydroxylation is 1. The molecular formula is C12H18N2O2. The highest BCUT2D eigenvalue weighted by Gasteiger charge is 2.16. The summed E-state index contributed by atoms with van der Waals surface area (Å²) in [5.74, 6) is 1.97. The molecule has 1 heterocycles. The van der Waals surface area contributed by atoms with Crippen LogP contribution in [0.3, 0.4) is 0 Å². The van der Waals surface area contributed by atoms with Crippen LogP contribution in [0.25, 0.3) is 0 Å². The van der Waals surface area contributed by atoms with Gasteiger partial charge in [-0.25, -0.2) is 4.98 Å². The predicted molar refractivity (Wildman–Crippen MR) is 61.7 cm³/mol. The van der Waals surface area contributed by atoms with Crippen molar-refractivity contribution in [1.29, 1.82) is 0 Å². The number of hydrogen-bond acceptors (Lipinski definition) is 3. The van der Waals surface area contributed by atoms with Gasteiger partial charge in [-0.1, -0.05) is 26.2 Å². The molecule has 1 aromatic heterocycles. The molecule has 0 aromatic carbocycles. The first-order valence-electron chi connectivity index (χ1n) is 6.01. The Morgan fingerprint density at radius 1 is 1.56 bits per heavy atom. The molecule has 2 rings (SSSR count). The summed E-state index contributed by atoms with van der Waals surface area (Å²) < 4.78 is 5.50. The number of ether oxygens (including phenoxy) is 1. The van der Waals surface area contributed by atoms with Gasteiger partial charge in [0.15, 0.2) is 0 Å². The van der Waals surface area contributed by atoms with Crippen LogP contribution >= 0.6 is 0 Å². The summed E-state index contributed by atoms with van der Waals surface area (Å²) in [5.41, 5.74) is -0.134. The second-order valence-corrected chi connectivity index (χ2v) is 4.32. The smallest absolute Gasteiger partial charge is 0.254 e. The Labute approximate surface area is 95.1 Å². The van der Waals surface area contributed by atoms with Gasteiger partial charge in [-0.05, 0) is 12.3 Å². The van der Waals surface area contributed by atoms with Crippen molar-refractivity contribution in [2.24, 2.45) is 5.92 Å². The fourth-order valence-electron chi connectivity index (χ4n) is 1.84. The monoisotopic (exact) mass is 222 g/mol. The van der Waals surface area contributed by atoms with Crippen LogP contribution in [0.4, 0.5) is 0 Å². The van der Waals surface area contributed by atoms with Crippen molar-refractivity contribution in [3.63, 3.8) is 0 Å². The third kappa shape index (κ3) is 2.84. The summed E-state index contributed by atoms with van der Waals surface area (Å²) >= 11 is 0. The molecule has 0 bridgehead atoms. The van der Waals surface area contributed by atoms with Gasteiger partial charge in [-0.3, -0.25) is 4.79 Å². The lowest BCUT2D eigenvalue weighted by Gasteiger charge is -2.24. The standard InChI is InChI=1S/C12H18N2O2/c1-2-10-13-11(15)8-12(14-10)16-7-6-9-4-3-5-9/h8-9H,2-7H2,1H3,(H,13,14,15). The van der Waals surface area contributed by atoms with E-state index in [1.807, 2.05) is 6.92 Å². The number of H-pyrrole nitrogens is 1. The summed E-state index contributed by atoms with van der Waals surface area (Å²) in [6, 6.07) is 1.42. The summed E-state index contributed by atoms with van der Waals surface area (Å²) in [7, 11) is 0. The Morgan fingerprint density at radius 3 is 3.00 bits per heavy atom. The summed E-state index contributed by atoms with van der Waals surface area (Å²) in [4.78, 5) is 18.1. The van der Waals surface area contributed by atoms with Crippen LogP contribution in [0.15, 0.2) is 10.9 Å². The van der Waals surface area contributed by atoms with Crippen LogP contribution in [-0.2, 0) is 6.42 Å². The Morgan fingerprint density at radius 2 is 2.38 bits per heavy atom. The first kappa shape index (κ1) is 11.2. The Bertz CT molecular complexity index is 396. The lowest BCUT2D eigenvalue weighted by atomic mass is 9.83. The van der Waals surface area contributed by atoms with Gasteiger partial charge in [0, 0.05) is 6.42 Å². The lowest BCUT2D eigenvalue weighted by Crippen LogP contribution is -2.16. The molecule has 1 aliphatic rings. The molecule has 4 heteroatoms. The van der Waals surface area contributed by atoms with E-state index < -0.39 is 0 Å². The van der Waals surface area contributed by atoms with Gasteiger partial charge in [-0.15, -0.1) is 0 Å². The van der Waals surface area contributed by atoms with Crippen LogP contribution in [0.5, 0.6) is 5.88 Å². The number of aromatic amines is 1. The summed E-state index contributed by atoms with van der Waals surface area (Å²) in [5, 5.41) is 0. The molecule has 1 aromatic rings. The van der Waals surface area contributed by atoms with Crippen molar-refractivity contribution in [3.05, 3.63) is 22.2 Å². The first-order valence-corrected chi connectivity index (χ1v) is 6.01. The molecule has 4 nitrogen and oxygen atoms in total. The maximum atomic E-state index is 11.3. The van der Waals surface area contributed by atoms with E-state index in [1.54, 1.807) is 0 Å². The second kappa shape index (κ2) is 5.14. The fourth-order valence-corrected chi connectivity index (χ4v) is 1.84. The topological polar surface area (TPSA) is 55.0 Å². The molecule has 1 fully saturated rings. The highest BCUT2D eigenvalue weighted by molar-refractivity contribution is 5.08. The molecule has 0 saturated heterocycles. The Hall–Kier alpha value is -1.32. The molecule has 16 heavy (non-hydrogen) atoms. The van der Waals surface area contributed by atoms with Crippen molar-refractivity contribution >= 4 is 0 Å². The molecule has 0 radical (unpaired) electrons. The zero-order valence-corrected chi connectivity index (χ0v) is 9.66. The number of nitrogens with zero attached hydrogens (tertiary/aromatic N) is 1. The minimum atomic E-state index is -0.134. The largest absolute Gasteiger partial charge is 0.477 e. The highest BCUT2D eigenvalue weighted by atomic mass is 16.5. The Balaban J connectivity index is 1.87. The molecule has 1 N–H and O–H groups in total. The number of aromatic nitrogens is 2. The number of rotatable bonds is 5. The van der Waals surface area contributed by atoms with Crippen molar-refractivity contribution in [1.82, 2.24) is 9.97 Å². The van der Waals surface area contributed by atoms with Crippen LogP contribution in [-0.4, -0.2) is 16.6 Å². The fraction of sp³-hybridized carbons (Fsp3) is 0.667. The number of hydrogen-bond donors (Lipinski definition) is 1. The van der Waals surface area contributed by atoms with E-state index >= 15 is 0 Å². The van der Waals surface area contributed by atoms with Gasteiger partial charge in [-0.2, -0.15) is 0 Å². The van der Waals surface area contributed by atoms with Crippen molar-refractivity contribution in [3.8, 4) is 5.88 Å². The van der Waals surface area contributed by atoms with Gasteiger partial charge in [0.25, 0.3) is 5.56 Å². The van der Waals surface area contributed by atoms with Crippen molar-refractivity contribution < 1.29 is 4.74 Å². The van der Waals surface area contributed by atoms with Crippen LogP contribution in [0.1, 0.15) is 38.4 Å². The number of nitrogens with one attached hydrogen (secondary N) is 1. The third-order valence-corrected chi connectivity index (χ3v) is 3.10. The van der Waals surface area contributed by atoms with Gasteiger partial charge in [0.1, 0.15) is 5.82 Å². The summed E-state index contributed by atoms with van der Waals surface area (Å²) in [6.45, 7) is 2.63. The third-order valence-electron chi connectivity index (χ3n) is 3.10. The van der Waals surface area contributed by atoms with Gasteiger partial charge in [0.2, 0.25) is 5.88 Å². The highest BCUT2D eigenvalue weighted by Crippen LogP contribution is 2.29. The van der Waals surface area contributed by atoms with Crippen LogP contribution in [0.2, 0.25) is 0 Å². The molecule has 1 aliphatic carbocycles. The molecule has 0 unspecified atom stereocenters. The van der Waals surface area contributed by atoms with E-state index in [2.05, 4.69) is 9.97 Å². The van der Waals surface area contributed by atoms with E-state index in [4.69, 9.17) is 4.74 Å². The SMILES string of the molecule is CCc1nc(OCCC2CCC2)cc(=O)[nH]1. The van der Waals surface area contributed by atoms with Gasteiger partial charge in [0.05, 0.1) is 12.7 Å². The lowest BCUT2D eigenvalue weighted by molar-refractivity contribution is 0.216. The van der Waals surface area contributed by atoms with E-state index in [1.165, 1.54) is 25.3 Å². The van der Waals surface area contributed by atoms with Crippen molar-refractivity contribution in [2.45, 2.75) is 39.0 Å². The molecule has 0 amide bonds. The minimum absolute atomic E-state index is 0.134. The maximum absolute atomic E-state index is 11.3. The molecule has 0 spiro atoms. The first-order chi connectivity index (χ1) is 7.78. The zero-order chi connectivity index (χ0) is 11.4. The van der Waals surface area contributed by atoms with E-state index in [9.17, 15) is 4.79 Å². The second-order valence-electron chi connectivity index (χ2n) is 4.32. The molecule has 0 atom stereocenters. The Kier molecular flexibility index (Phi) is 3.59. The van der Waals surface area contributed by atoms with Crippen molar-refractivity contribution in [2.75, 3.05) is 6.61 Å². The van der Waals surface area contributed by atoms with E-state index in [-0.39, 0.29) is 5.56 Å². The predicted octanol–water partition coefficient (Wildman–Crippen LogP) is 1.90. The van der Waals surface area contributed by atoms with Crippen LogP contribution < -0.4 is 10.3 Å².